The summed E-state index contributed by atoms with van der Waals surface area (Å²) in [7, 11) is 0. The average molecular weight is 402 g/mol. The quantitative estimate of drug-likeness (QED) is 0.676. The highest BCUT2D eigenvalue weighted by Gasteiger charge is 2.21. The number of thiophene rings is 1. The van der Waals surface area contributed by atoms with Crippen molar-refractivity contribution < 1.29 is 18.3 Å². The van der Waals surface area contributed by atoms with Crippen LogP contribution < -0.4 is 0 Å². The highest BCUT2D eigenvalue weighted by Crippen LogP contribution is 2.35. The number of benzene rings is 2. The van der Waals surface area contributed by atoms with E-state index in [-0.39, 0.29) is 5.91 Å². The summed E-state index contributed by atoms with van der Waals surface area (Å²) in [6.45, 7) is 4.24. The van der Waals surface area contributed by atoms with Gasteiger partial charge in [-0.1, -0.05) is 24.3 Å². The monoisotopic (exact) mass is 401 g/mol. The number of carbonyl (C=O) groups excluding carboxylic acids is 1. The molecule has 140 valence electrons. The molecule has 0 radical (unpaired) electrons. The van der Waals surface area contributed by atoms with Crippen molar-refractivity contribution in [2.45, 2.75) is 11.8 Å². The second kappa shape index (κ2) is 7.52. The van der Waals surface area contributed by atoms with Gasteiger partial charge in [0, 0.05) is 23.2 Å². The molecule has 2 aromatic carbocycles. The molecule has 0 bridgehead atoms. The van der Waals surface area contributed by atoms with Crippen molar-refractivity contribution in [1.29, 1.82) is 0 Å². The fourth-order valence-electron chi connectivity index (χ4n) is 3.35. The van der Waals surface area contributed by atoms with Crippen molar-refractivity contribution in [2.75, 3.05) is 26.3 Å². The van der Waals surface area contributed by atoms with Gasteiger partial charge in [-0.05, 0) is 41.8 Å². The van der Waals surface area contributed by atoms with Crippen molar-refractivity contribution in [1.82, 2.24) is 4.90 Å². The van der Waals surface area contributed by atoms with E-state index in [0.717, 1.165) is 31.7 Å². The first-order valence-corrected chi connectivity index (χ1v) is 10.6. The predicted molar refractivity (Wildman–Crippen MR) is 108 cm³/mol. The van der Waals surface area contributed by atoms with E-state index in [2.05, 4.69) is 0 Å². The molecule has 1 fully saturated rings. The number of nitrogens with zero attached hydrogens (tertiary/aromatic N) is 1. The molecule has 1 saturated heterocycles. The minimum Gasteiger partial charge on any atom is -0.378 e. The summed E-state index contributed by atoms with van der Waals surface area (Å²) in [5.41, 5.74) is 2.75. The van der Waals surface area contributed by atoms with Gasteiger partial charge in [-0.25, -0.2) is 4.21 Å². The third-order valence-electron chi connectivity index (χ3n) is 4.74. The SMILES string of the molecule is Cc1cc(-c2cccc3sc(C(=O)N4CCOCC4)cc23)ccc1S(=O)O. The van der Waals surface area contributed by atoms with Gasteiger partial charge in [0.05, 0.1) is 23.0 Å². The van der Waals surface area contributed by atoms with E-state index >= 15 is 0 Å². The van der Waals surface area contributed by atoms with E-state index in [1.165, 1.54) is 11.3 Å². The molecular weight excluding hydrogens is 382 g/mol. The summed E-state index contributed by atoms with van der Waals surface area (Å²) in [5, 5.41) is 1.02. The van der Waals surface area contributed by atoms with E-state index in [0.29, 0.717) is 31.2 Å². The zero-order valence-corrected chi connectivity index (χ0v) is 16.4. The van der Waals surface area contributed by atoms with E-state index in [1.807, 2.05) is 48.2 Å². The van der Waals surface area contributed by atoms with Gasteiger partial charge in [0.25, 0.3) is 5.91 Å². The van der Waals surface area contributed by atoms with Gasteiger partial charge >= 0.3 is 0 Å². The lowest BCUT2D eigenvalue weighted by atomic mass is 10.00. The number of aryl methyl sites for hydroxylation is 1. The Balaban J connectivity index is 1.74. The van der Waals surface area contributed by atoms with Crippen LogP contribution in [0.5, 0.6) is 0 Å². The molecule has 4 rings (SSSR count). The maximum Gasteiger partial charge on any atom is 0.264 e. The minimum absolute atomic E-state index is 0.0488. The van der Waals surface area contributed by atoms with Crippen molar-refractivity contribution >= 4 is 38.4 Å². The van der Waals surface area contributed by atoms with Crippen molar-refractivity contribution in [3.05, 3.63) is 52.9 Å². The maximum atomic E-state index is 12.8. The second-order valence-electron chi connectivity index (χ2n) is 6.46. The van der Waals surface area contributed by atoms with Crippen molar-refractivity contribution in [3.8, 4) is 11.1 Å². The molecule has 0 saturated carbocycles. The van der Waals surface area contributed by atoms with Gasteiger partial charge in [-0.3, -0.25) is 4.79 Å². The summed E-state index contributed by atoms with van der Waals surface area (Å²) in [5.74, 6) is 0.0488. The number of carbonyl (C=O) groups is 1. The van der Waals surface area contributed by atoms with Crippen LogP contribution in [0.25, 0.3) is 21.2 Å². The molecule has 1 amide bonds. The molecule has 1 N–H and O–H groups in total. The Kier molecular flexibility index (Phi) is 5.10. The zero-order valence-electron chi connectivity index (χ0n) is 14.8. The van der Waals surface area contributed by atoms with Crippen LogP contribution in [0.3, 0.4) is 0 Å². The molecular formula is C20H19NO4S2. The fraction of sp³-hybridized carbons (Fsp3) is 0.250. The standard InChI is InChI=1S/C20H19NO4S2/c1-13-11-14(5-6-19(13)27(23)24)15-3-2-4-17-16(15)12-18(26-17)20(22)21-7-9-25-10-8-21/h2-6,11-12H,7-10H2,1H3,(H,23,24). The van der Waals surface area contributed by atoms with E-state index in [1.54, 1.807) is 6.07 Å². The first kappa shape index (κ1) is 18.3. The molecule has 1 unspecified atom stereocenters. The summed E-state index contributed by atoms with van der Waals surface area (Å²) in [4.78, 5) is 15.8. The van der Waals surface area contributed by atoms with Gasteiger partial charge in [0.15, 0.2) is 11.1 Å². The Bertz CT molecular complexity index is 1040. The number of amides is 1. The Hall–Kier alpha value is -2.06. The van der Waals surface area contributed by atoms with Gasteiger partial charge in [0.2, 0.25) is 0 Å². The van der Waals surface area contributed by atoms with Crippen LogP contribution >= 0.6 is 11.3 Å². The summed E-state index contributed by atoms with van der Waals surface area (Å²) in [6.07, 6.45) is 0. The summed E-state index contributed by atoms with van der Waals surface area (Å²) >= 11 is -0.496. The zero-order chi connectivity index (χ0) is 19.0. The molecule has 1 aliphatic rings. The van der Waals surface area contributed by atoms with Crippen LogP contribution in [-0.2, 0) is 15.8 Å². The molecule has 27 heavy (non-hydrogen) atoms. The molecule has 1 aromatic heterocycles. The summed E-state index contributed by atoms with van der Waals surface area (Å²) < 4.78 is 27.1. The number of morpholine rings is 1. The number of hydrogen-bond donors (Lipinski definition) is 1. The fourth-order valence-corrected chi connectivity index (χ4v) is 4.93. The van der Waals surface area contributed by atoms with E-state index in [9.17, 15) is 13.6 Å². The van der Waals surface area contributed by atoms with Crippen LogP contribution in [0.1, 0.15) is 15.2 Å². The van der Waals surface area contributed by atoms with Crippen molar-refractivity contribution in [2.24, 2.45) is 0 Å². The van der Waals surface area contributed by atoms with Gasteiger partial charge in [-0.15, -0.1) is 11.3 Å². The van der Waals surface area contributed by atoms with Crippen LogP contribution in [0.4, 0.5) is 0 Å². The van der Waals surface area contributed by atoms with E-state index in [4.69, 9.17) is 4.74 Å². The normalized spacial score (nSPS) is 15.9. The van der Waals surface area contributed by atoms with Crippen LogP contribution in [0.2, 0.25) is 0 Å². The minimum atomic E-state index is -2.00. The Morgan fingerprint density at radius 1 is 1.19 bits per heavy atom. The van der Waals surface area contributed by atoms with Crippen LogP contribution in [0.15, 0.2) is 47.4 Å². The second-order valence-corrected chi connectivity index (χ2v) is 8.48. The van der Waals surface area contributed by atoms with Gasteiger partial charge in [-0.2, -0.15) is 0 Å². The lowest BCUT2D eigenvalue weighted by Crippen LogP contribution is -2.40. The van der Waals surface area contributed by atoms with Crippen molar-refractivity contribution in [3.63, 3.8) is 0 Å². The molecule has 7 heteroatoms. The summed E-state index contributed by atoms with van der Waals surface area (Å²) in [6, 6.07) is 13.4. The Morgan fingerprint density at radius 2 is 1.96 bits per heavy atom. The molecule has 0 spiro atoms. The first-order valence-electron chi connectivity index (χ1n) is 8.66. The number of fused-ring (bicyclic) bond motifs is 1. The molecule has 0 aliphatic carbocycles. The lowest BCUT2D eigenvalue weighted by molar-refractivity contribution is 0.0306. The highest BCUT2D eigenvalue weighted by atomic mass is 32.2. The molecule has 3 aromatic rings. The third-order valence-corrected chi connectivity index (χ3v) is 6.67. The molecule has 1 aliphatic heterocycles. The Morgan fingerprint density at radius 3 is 2.67 bits per heavy atom. The van der Waals surface area contributed by atoms with Gasteiger partial charge < -0.3 is 14.2 Å². The topological polar surface area (TPSA) is 66.8 Å². The maximum absolute atomic E-state index is 12.8. The smallest absolute Gasteiger partial charge is 0.264 e. The molecule has 2 heterocycles. The number of rotatable bonds is 3. The van der Waals surface area contributed by atoms with Crippen LogP contribution in [0, 0.1) is 6.92 Å². The first-order chi connectivity index (χ1) is 13.0. The highest BCUT2D eigenvalue weighted by molar-refractivity contribution is 7.79. The average Bonchev–Trinajstić information content (AvgIpc) is 3.12. The Labute approximate surface area is 163 Å². The largest absolute Gasteiger partial charge is 0.378 e. The third kappa shape index (κ3) is 3.55. The van der Waals surface area contributed by atoms with Crippen LogP contribution in [-0.4, -0.2) is 45.9 Å². The van der Waals surface area contributed by atoms with Gasteiger partial charge in [0.1, 0.15) is 0 Å². The van der Waals surface area contributed by atoms with E-state index < -0.39 is 11.1 Å². The lowest BCUT2D eigenvalue weighted by Gasteiger charge is -2.26. The number of ether oxygens (including phenoxy) is 1. The number of hydrogen-bond acceptors (Lipinski definition) is 4. The molecule has 5 nitrogen and oxygen atoms in total. The molecule has 1 atom stereocenters. The predicted octanol–water partition coefficient (Wildman–Crippen LogP) is 3.93.